The van der Waals surface area contributed by atoms with Crippen molar-refractivity contribution in [2.45, 2.75) is 13.3 Å². The Morgan fingerprint density at radius 2 is 1.81 bits per heavy atom. The summed E-state index contributed by atoms with van der Waals surface area (Å²) in [4.78, 5) is 40.4. The molecule has 2 aromatic carbocycles. The molecule has 138 valence electrons. The van der Waals surface area contributed by atoms with Crippen LogP contribution in [0.3, 0.4) is 0 Å². The summed E-state index contributed by atoms with van der Waals surface area (Å²) in [6.07, 6.45) is 0.306. The van der Waals surface area contributed by atoms with E-state index in [1.807, 2.05) is 61.5 Å². The van der Waals surface area contributed by atoms with E-state index in [1.165, 1.54) is 0 Å². The van der Waals surface area contributed by atoms with Crippen LogP contribution in [-0.4, -0.2) is 28.6 Å². The van der Waals surface area contributed by atoms with Crippen LogP contribution in [0.2, 0.25) is 0 Å². The first-order valence-corrected chi connectivity index (χ1v) is 9.46. The Morgan fingerprint density at radius 3 is 2.48 bits per heavy atom. The van der Waals surface area contributed by atoms with Crippen molar-refractivity contribution in [1.29, 1.82) is 0 Å². The highest BCUT2D eigenvalue weighted by Crippen LogP contribution is 2.17. The van der Waals surface area contributed by atoms with Crippen molar-refractivity contribution >= 4 is 40.3 Å². The second-order valence-corrected chi connectivity index (χ2v) is 7.15. The molecule has 6 nitrogen and oxygen atoms in total. The van der Waals surface area contributed by atoms with Gasteiger partial charge in [0.1, 0.15) is 5.92 Å². The third-order valence-electron chi connectivity index (χ3n) is 4.01. The summed E-state index contributed by atoms with van der Waals surface area (Å²) >= 11 is 1.03. The molecule has 1 unspecified atom stereocenters. The molecule has 2 aromatic rings. The Hall–Kier alpha value is -2.93. The van der Waals surface area contributed by atoms with Gasteiger partial charge in [0.15, 0.2) is 5.17 Å². The van der Waals surface area contributed by atoms with Gasteiger partial charge < -0.3 is 10.6 Å². The van der Waals surface area contributed by atoms with Crippen LogP contribution in [0.25, 0.3) is 0 Å². The number of nitrogens with one attached hydrogen (secondary N) is 2. The Kier molecular flexibility index (Phi) is 6.03. The first-order chi connectivity index (χ1) is 13.0. The van der Waals surface area contributed by atoms with Crippen molar-refractivity contribution in [3.63, 3.8) is 0 Å². The summed E-state index contributed by atoms with van der Waals surface area (Å²) in [6, 6.07) is 16.8. The standard InChI is InChI=1S/C20H19N3O3S/c1-13-7-9-15(10-8-13)21-17(24)12-27-20-22-18(25)16(19(26)23-20)11-14-5-3-2-4-6-14/h2-10,16H,11-12H2,1H3,(H,21,24)(H,22,23,25,26). The van der Waals surface area contributed by atoms with Crippen LogP contribution in [0.5, 0.6) is 0 Å². The van der Waals surface area contributed by atoms with Crippen molar-refractivity contribution in [3.05, 3.63) is 65.7 Å². The van der Waals surface area contributed by atoms with Crippen LogP contribution in [0, 0.1) is 12.8 Å². The molecule has 7 heteroatoms. The van der Waals surface area contributed by atoms with Crippen molar-refractivity contribution < 1.29 is 14.4 Å². The first-order valence-electron chi connectivity index (χ1n) is 8.48. The number of nitrogens with zero attached hydrogens (tertiary/aromatic N) is 1. The van der Waals surface area contributed by atoms with Crippen LogP contribution in [0.4, 0.5) is 5.69 Å². The fourth-order valence-corrected chi connectivity index (χ4v) is 3.24. The summed E-state index contributed by atoms with van der Waals surface area (Å²) < 4.78 is 0. The third-order valence-corrected chi connectivity index (χ3v) is 4.89. The molecule has 0 spiro atoms. The molecule has 2 N–H and O–H groups in total. The Bertz CT molecular complexity index is 879. The maximum atomic E-state index is 12.3. The molecule has 0 saturated heterocycles. The highest BCUT2D eigenvalue weighted by Gasteiger charge is 2.32. The predicted molar refractivity (Wildman–Crippen MR) is 106 cm³/mol. The lowest BCUT2D eigenvalue weighted by Gasteiger charge is -2.19. The summed E-state index contributed by atoms with van der Waals surface area (Å²) in [6.45, 7) is 1.97. The topological polar surface area (TPSA) is 87.6 Å². The van der Waals surface area contributed by atoms with Crippen LogP contribution >= 0.6 is 11.8 Å². The minimum Gasteiger partial charge on any atom is -0.325 e. The molecular weight excluding hydrogens is 362 g/mol. The van der Waals surface area contributed by atoms with Crippen molar-refractivity contribution in [3.8, 4) is 0 Å². The van der Waals surface area contributed by atoms with E-state index in [0.29, 0.717) is 12.1 Å². The number of rotatable bonds is 5. The number of aryl methyl sites for hydroxylation is 1. The lowest BCUT2D eigenvalue weighted by atomic mass is 9.97. The van der Waals surface area contributed by atoms with Crippen molar-refractivity contribution in [2.75, 3.05) is 11.1 Å². The molecule has 0 saturated carbocycles. The summed E-state index contributed by atoms with van der Waals surface area (Å²) in [7, 11) is 0. The van der Waals surface area contributed by atoms with E-state index in [9.17, 15) is 14.4 Å². The van der Waals surface area contributed by atoms with Gasteiger partial charge in [-0.2, -0.15) is 4.99 Å². The highest BCUT2D eigenvalue weighted by molar-refractivity contribution is 8.14. The largest absolute Gasteiger partial charge is 0.325 e. The van der Waals surface area contributed by atoms with Gasteiger partial charge in [-0.25, -0.2) is 0 Å². The van der Waals surface area contributed by atoms with Crippen LogP contribution in [-0.2, 0) is 20.8 Å². The fraction of sp³-hybridized carbons (Fsp3) is 0.200. The number of hydrogen-bond acceptors (Lipinski definition) is 4. The zero-order valence-corrected chi connectivity index (χ0v) is 15.6. The van der Waals surface area contributed by atoms with E-state index in [2.05, 4.69) is 15.6 Å². The van der Waals surface area contributed by atoms with E-state index in [0.717, 1.165) is 22.9 Å². The molecular formula is C20H19N3O3S. The Labute approximate surface area is 161 Å². The molecule has 0 bridgehead atoms. The van der Waals surface area contributed by atoms with Gasteiger partial charge >= 0.3 is 0 Å². The van der Waals surface area contributed by atoms with Crippen molar-refractivity contribution in [2.24, 2.45) is 10.9 Å². The maximum absolute atomic E-state index is 12.3. The van der Waals surface area contributed by atoms with E-state index in [4.69, 9.17) is 0 Å². The number of amides is 3. The maximum Gasteiger partial charge on any atom is 0.261 e. The van der Waals surface area contributed by atoms with E-state index < -0.39 is 11.8 Å². The highest BCUT2D eigenvalue weighted by atomic mass is 32.2. The summed E-state index contributed by atoms with van der Waals surface area (Å²) in [5.41, 5.74) is 2.69. The predicted octanol–water partition coefficient (Wildman–Crippen LogP) is 2.54. The van der Waals surface area contributed by atoms with E-state index in [-0.39, 0.29) is 22.7 Å². The quantitative estimate of drug-likeness (QED) is 0.779. The smallest absolute Gasteiger partial charge is 0.261 e. The molecule has 0 aliphatic carbocycles. The number of thioether (sulfide) groups is 1. The molecule has 1 heterocycles. The Balaban J connectivity index is 1.54. The minimum atomic E-state index is -0.835. The van der Waals surface area contributed by atoms with Gasteiger partial charge in [-0.15, -0.1) is 0 Å². The zero-order chi connectivity index (χ0) is 19.2. The molecule has 3 rings (SSSR count). The molecule has 0 radical (unpaired) electrons. The number of hydrogen-bond donors (Lipinski definition) is 2. The fourth-order valence-electron chi connectivity index (χ4n) is 2.58. The third kappa shape index (κ3) is 5.27. The summed E-state index contributed by atoms with van der Waals surface area (Å²) in [5.74, 6) is -1.90. The van der Waals surface area contributed by atoms with Gasteiger partial charge in [-0.3, -0.25) is 14.4 Å². The zero-order valence-electron chi connectivity index (χ0n) is 14.8. The van der Waals surface area contributed by atoms with Gasteiger partial charge in [0, 0.05) is 5.69 Å². The number of carbonyl (C=O) groups excluding carboxylic acids is 3. The van der Waals surface area contributed by atoms with Crippen LogP contribution < -0.4 is 10.6 Å². The number of anilines is 1. The van der Waals surface area contributed by atoms with Gasteiger partial charge in [0.05, 0.1) is 5.75 Å². The SMILES string of the molecule is Cc1ccc(NC(=O)CSC2=NC(=O)C(Cc3ccccc3)C(=O)N2)cc1. The monoisotopic (exact) mass is 381 g/mol. The molecule has 0 fully saturated rings. The normalized spacial score (nSPS) is 16.5. The van der Waals surface area contributed by atoms with E-state index >= 15 is 0 Å². The lowest BCUT2D eigenvalue weighted by molar-refractivity contribution is -0.133. The summed E-state index contributed by atoms with van der Waals surface area (Å²) in [5, 5.41) is 5.54. The van der Waals surface area contributed by atoms with E-state index in [1.54, 1.807) is 0 Å². The molecule has 3 amide bonds. The van der Waals surface area contributed by atoms with Gasteiger partial charge in [0.2, 0.25) is 11.8 Å². The average molecular weight is 381 g/mol. The number of carbonyl (C=O) groups is 3. The number of benzene rings is 2. The van der Waals surface area contributed by atoms with Crippen LogP contribution in [0.1, 0.15) is 11.1 Å². The van der Waals surface area contributed by atoms with Crippen LogP contribution in [0.15, 0.2) is 59.6 Å². The molecule has 1 aliphatic rings. The second-order valence-electron chi connectivity index (χ2n) is 6.19. The molecule has 0 aromatic heterocycles. The molecule has 27 heavy (non-hydrogen) atoms. The van der Waals surface area contributed by atoms with Crippen molar-refractivity contribution in [1.82, 2.24) is 5.32 Å². The average Bonchev–Trinajstić information content (AvgIpc) is 2.66. The molecule has 1 aliphatic heterocycles. The lowest BCUT2D eigenvalue weighted by Crippen LogP contribution is -2.44. The number of aliphatic imine (C=N–C) groups is 1. The van der Waals surface area contributed by atoms with Gasteiger partial charge in [-0.1, -0.05) is 59.8 Å². The second kappa shape index (κ2) is 8.64. The van der Waals surface area contributed by atoms with Gasteiger partial charge in [-0.05, 0) is 31.0 Å². The van der Waals surface area contributed by atoms with Gasteiger partial charge in [0.25, 0.3) is 5.91 Å². The number of amidine groups is 1. The minimum absolute atomic E-state index is 0.0453. The molecule has 1 atom stereocenters. The first kappa shape index (κ1) is 18.8. The Morgan fingerprint density at radius 1 is 1.11 bits per heavy atom.